The molecule has 12 heteroatoms. The third kappa shape index (κ3) is 11.0. The van der Waals surface area contributed by atoms with Gasteiger partial charge in [-0.1, -0.05) is 42.5 Å². The third-order valence-electron chi connectivity index (χ3n) is 6.02. The summed E-state index contributed by atoms with van der Waals surface area (Å²) >= 11 is 3.97. The number of benzene rings is 2. The minimum absolute atomic E-state index is 0.0884. The molecule has 0 bridgehead atoms. The molecular weight excluding hydrogens is 522 g/mol. The van der Waals surface area contributed by atoms with Crippen LogP contribution in [0.2, 0.25) is 0 Å². The number of phenolic OH excluding ortho intramolecular Hbond substituents is 1. The van der Waals surface area contributed by atoms with E-state index in [1.807, 2.05) is 6.07 Å². The second-order valence-electron chi connectivity index (χ2n) is 9.16. The normalized spacial score (nSPS) is 13.9. The van der Waals surface area contributed by atoms with E-state index in [0.29, 0.717) is 19.4 Å². The lowest BCUT2D eigenvalue weighted by atomic mass is 10.0. The van der Waals surface area contributed by atoms with E-state index in [9.17, 15) is 29.4 Å². The highest BCUT2D eigenvalue weighted by Crippen LogP contribution is 2.12. The first-order valence-electron chi connectivity index (χ1n) is 12.7. The van der Waals surface area contributed by atoms with Crippen LogP contribution < -0.4 is 27.4 Å². The van der Waals surface area contributed by atoms with E-state index in [0.717, 1.165) is 11.1 Å². The van der Waals surface area contributed by atoms with Crippen LogP contribution in [-0.4, -0.2) is 70.4 Å². The van der Waals surface area contributed by atoms with Gasteiger partial charge in [0.15, 0.2) is 0 Å². The smallest absolute Gasteiger partial charge is 0.327 e. The van der Waals surface area contributed by atoms with Crippen molar-refractivity contribution in [3.63, 3.8) is 0 Å². The molecule has 0 saturated carbocycles. The van der Waals surface area contributed by atoms with Crippen LogP contribution in [0.25, 0.3) is 0 Å². The fraction of sp³-hybridized carbons (Fsp3) is 0.407. The predicted octanol–water partition coefficient (Wildman–Crippen LogP) is 0.103. The van der Waals surface area contributed by atoms with Gasteiger partial charge in [0, 0.05) is 12.2 Å². The predicted molar refractivity (Wildman–Crippen MR) is 150 cm³/mol. The van der Waals surface area contributed by atoms with Gasteiger partial charge in [0.2, 0.25) is 17.7 Å². The number of amides is 3. The lowest BCUT2D eigenvalue weighted by molar-refractivity contribution is -0.141. The van der Waals surface area contributed by atoms with Crippen molar-refractivity contribution >= 4 is 36.3 Å². The molecule has 2 rings (SSSR count). The van der Waals surface area contributed by atoms with Crippen molar-refractivity contribution in [2.45, 2.75) is 56.3 Å². The molecule has 0 heterocycles. The Morgan fingerprint density at radius 3 is 1.92 bits per heavy atom. The van der Waals surface area contributed by atoms with Gasteiger partial charge in [-0.15, -0.1) is 0 Å². The number of nitrogens with one attached hydrogen (secondary N) is 3. The van der Waals surface area contributed by atoms with Gasteiger partial charge in [0.25, 0.3) is 0 Å². The molecule has 4 unspecified atom stereocenters. The molecule has 0 spiro atoms. The van der Waals surface area contributed by atoms with Crippen molar-refractivity contribution in [2.75, 3.05) is 12.3 Å². The molecule has 0 radical (unpaired) electrons. The number of carboxylic acid groups (broad SMARTS) is 1. The molecule has 0 fully saturated rings. The van der Waals surface area contributed by atoms with Crippen molar-refractivity contribution in [1.82, 2.24) is 16.0 Å². The van der Waals surface area contributed by atoms with Crippen LogP contribution in [0.3, 0.4) is 0 Å². The number of hydrogen-bond acceptors (Lipinski definition) is 8. The Hall–Kier alpha value is -3.61. The molecule has 9 N–H and O–H groups in total. The highest BCUT2D eigenvalue weighted by Gasteiger charge is 2.30. The van der Waals surface area contributed by atoms with Crippen LogP contribution in [0.5, 0.6) is 5.75 Å². The van der Waals surface area contributed by atoms with Crippen LogP contribution in [0.15, 0.2) is 54.6 Å². The van der Waals surface area contributed by atoms with Gasteiger partial charge in [-0.25, -0.2) is 4.79 Å². The second-order valence-corrected chi connectivity index (χ2v) is 9.52. The Kier molecular flexibility index (Phi) is 13.3. The molecule has 0 aliphatic carbocycles. The Labute approximate surface area is 233 Å². The third-order valence-corrected chi connectivity index (χ3v) is 6.39. The number of carboxylic acids is 1. The monoisotopic (exact) mass is 559 g/mol. The molecule has 2 aromatic rings. The highest BCUT2D eigenvalue weighted by molar-refractivity contribution is 7.80. The maximum atomic E-state index is 13.4. The summed E-state index contributed by atoms with van der Waals surface area (Å²) < 4.78 is 0. The quantitative estimate of drug-likeness (QED) is 0.105. The Morgan fingerprint density at radius 2 is 1.33 bits per heavy atom. The van der Waals surface area contributed by atoms with Gasteiger partial charge in [0.05, 0.1) is 6.04 Å². The Bertz CT molecular complexity index is 1090. The van der Waals surface area contributed by atoms with Crippen molar-refractivity contribution < 1.29 is 29.4 Å². The van der Waals surface area contributed by atoms with Crippen molar-refractivity contribution in [3.8, 4) is 5.75 Å². The van der Waals surface area contributed by atoms with E-state index in [2.05, 4.69) is 28.6 Å². The zero-order valence-electron chi connectivity index (χ0n) is 21.6. The van der Waals surface area contributed by atoms with Crippen molar-refractivity contribution in [2.24, 2.45) is 11.5 Å². The molecule has 39 heavy (non-hydrogen) atoms. The van der Waals surface area contributed by atoms with Crippen LogP contribution >= 0.6 is 12.6 Å². The average Bonchev–Trinajstić information content (AvgIpc) is 2.92. The SMILES string of the molecule is NCCCCC(NC(=O)C(Cc1ccccc1)NC(=O)C(N)Cc1ccc(O)cc1)C(=O)NC(CS)C(=O)O. The summed E-state index contributed by atoms with van der Waals surface area (Å²) in [6.45, 7) is 0.391. The number of unbranched alkanes of at least 4 members (excludes halogenated alkanes) is 1. The molecule has 0 saturated heterocycles. The topological polar surface area (TPSA) is 197 Å². The van der Waals surface area contributed by atoms with Crippen LogP contribution in [0.4, 0.5) is 0 Å². The van der Waals surface area contributed by atoms with Crippen LogP contribution in [0.1, 0.15) is 30.4 Å². The summed E-state index contributed by atoms with van der Waals surface area (Å²) in [7, 11) is 0. The number of phenols is 1. The van der Waals surface area contributed by atoms with Gasteiger partial charge in [-0.3, -0.25) is 14.4 Å². The summed E-state index contributed by atoms with van der Waals surface area (Å²) in [5, 5.41) is 26.5. The van der Waals surface area contributed by atoms with E-state index in [1.54, 1.807) is 36.4 Å². The van der Waals surface area contributed by atoms with Crippen molar-refractivity contribution in [1.29, 1.82) is 0 Å². The number of thiol groups is 1. The van der Waals surface area contributed by atoms with Gasteiger partial charge in [-0.05, 0) is 55.5 Å². The summed E-state index contributed by atoms with van der Waals surface area (Å²) in [4.78, 5) is 50.7. The standard InChI is InChI=1S/C27H37N5O6S/c28-13-5-4-8-21(25(35)32-23(16-39)27(37)38)30-26(36)22(15-17-6-2-1-3-7-17)31-24(34)20(29)14-18-9-11-19(33)12-10-18/h1-3,6-7,9-12,20-23,33,39H,4-5,8,13-16,28-29H2,(H,30,36)(H,31,34)(H,32,35)(H,37,38). The Balaban J connectivity index is 2.19. The molecule has 0 aliphatic rings. The first-order chi connectivity index (χ1) is 18.6. The average molecular weight is 560 g/mol. The lowest BCUT2D eigenvalue weighted by Gasteiger charge is -2.25. The Morgan fingerprint density at radius 1 is 0.769 bits per heavy atom. The summed E-state index contributed by atoms with van der Waals surface area (Å²) in [5.41, 5.74) is 13.2. The largest absolute Gasteiger partial charge is 0.508 e. The zero-order valence-corrected chi connectivity index (χ0v) is 22.5. The molecule has 212 valence electrons. The summed E-state index contributed by atoms with van der Waals surface area (Å²) in [6.07, 6.45) is 1.65. The summed E-state index contributed by atoms with van der Waals surface area (Å²) in [5.74, 6) is -3.14. The minimum atomic E-state index is -1.25. The van der Waals surface area contributed by atoms with E-state index in [4.69, 9.17) is 11.5 Å². The lowest BCUT2D eigenvalue weighted by Crippen LogP contribution is -2.58. The van der Waals surface area contributed by atoms with E-state index < -0.39 is 47.9 Å². The maximum Gasteiger partial charge on any atom is 0.327 e. The maximum absolute atomic E-state index is 13.4. The molecular formula is C27H37N5O6S. The molecule has 3 amide bonds. The van der Waals surface area contributed by atoms with E-state index in [1.165, 1.54) is 12.1 Å². The fourth-order valence-corrected chi connectivity index (χ4v) is 4.06. The first-order valence-corrected chi connectivity index (χ1v) is 13.3. The highest BCUT2D eigenvalue weighted by atomic mass is 32.1. The number of nitrogens with two attached hydrogens (primary N) is 2. The molecule has 0 aromatic heterocycles. The van der Waals surface area contributed by atoms with Gasteiger partial charge in [-0.2, -0.15) is 12.6 Å². The van der Waals surface area contributed by atoms with Crippen LogP contribution in [0, 0.1) is 0 Å². The molecule has 0 aliphatic heterocycles. The van der Waals surface area contributed by atoms with Crippen molar-refractivity contribution in [3.05, 3.63) is 65.7 Å². The number of hydrogen-bond donors (Lipinski definition) is 8. The number of carbonyl (C=O) groups excluding carboxylic acids is 3. The second kappa shape index (κ2) is 16.4. The van der Waals surface area contributed by atoms with E-state index in [-0.39, 0.29) is 30.8 Å². The van der Waals surface area contributed by atoms with Gasteiger partial charge < -0.3 is 37.6 Å². The molecule has 2 aromatic carbocycles. The molecule has 11 nitrogen and oxygen atoms in total. The number of aliphatic carboxylic acids is 1. The van der Waals surface area contributed by atoms with E-state index >= 15 is 0 Å². The minimum Gasteiger partial charge on any atom is -0.508 e. The van der Waals surface area contributed by atoms with Crippen LogP contribution in [-0.2, 0) is 32.0 Å². The number of rotatable bonds is 16. The summed E-state index contributed by atoms with van der Waals surface area (Å²) in [6, 6.07) is 11.0. The first kappa shape index (κ1) is 31.6. The van der Waals surface area contributed by atoms with Gasteiger partial charge >= 0.3 is 5.97 Å². The van der Waals surface area contributed by atoms with Gasteiger partial charge in [0.1, 0.15) is 23.9 Å². The zero-order chi connectivity index (χ0) is 28.8. The number of aromatic hydroxyl groups is 1. The number of carbonyl (C=O) groups is 4. The fourth-order valence-electron chi connectivity index (χ4n) is 3.81. The molecule has 4 atom stereocenters.